The molecule has 34 heavy (non-hydrogen) atoms. The Kier molecular flexibility index (Phi) is 6.85. The van der Waals surface area contributed by atoms with Crippen LogP contribution in [-0.4, -0.2) is 25.3 Å². The van der Waals surface area contributed by atoms with Crippen LogP contribution in [0, 0.1) is 19.7 Å². The average Bonchev–Trinajstić information content (AvgIpc) is 3.17. The third-order valence-electron chi connectivity index (χ3n) is 5.28. The highest BCUT2D eigenvalue weighted by Crippen LogP contribution is 2.41. The van der Waals surface area contributed by atoms with Crippen molar-refractivity contribution in [1.29, 1.82) is 0 Å². The van der Waals surface area contributed by atoms with Gasteiger partial charge in [-0.25, -0.2) is 8.60 Å². The van der Waals surface area contributed by atoms with Crippen molar-refractivity contribution in [1.82, 2.24) is 8.54 Å². The van der Waals surface area contributed by atoms with Gasteiger partial charge in [0.2, 0.25) is 0 Å². The zero-order valence-corrected chi connectivity index (χ0v) is 23.0. The van der Waals surface area contributed by atoms with Crippen molar-refractivity contribution in [3.63, 3.8) is 0 Å². The monoisotopic (exact) mass is 611 g/mol. The first kappa shape index (κ1) is 24.8. The van der Waals surface area contributed by atoms with Gasteiger partial charge < -0.3 is 9.30 Å². The number of hydrogen-bond donors (Lipinski definition) is 0. The molecule has 0 saturated carbocycles. The minimum absolute atomic E-state index is 0.119. The number of benzene rings is 2. The fourth-order valence-electron chi connectivity index (χ4n) is 3.90. The first-order chi connectivity index (χ1) is 16.0. The summed E-state index contributed by atoms with van der Waals surface area (Å²) in [4.78, 5) is 12.9. The van der Waals surface area contributed by atoms with Crippen LogP contribution < -0.4 is 10.3 Å². The van der Waals surface area contributed by atoms with Gasteiger partial charge in [-0.3, -0.25) is 8.77 Å². The molecule has 2 aromatic carbocycles. The molecular weight excluding hydrogens is 588 g/mol. The van der Waals surface area contributed by atoms with Crippen molar-refractivity contribution in [2.75, 3.05) is 12.5 Å². The molecule has 4 rings (SSSR count). The van der Waals surface area contributed by atoms with Gasteiger partial charge in [0.05, 0.1) is 5.69 Å². The van der Waals surface area contributed by atoms with E-state index in [0.717, 1.165) is 10.9 Å². The number of hydrogen-bond acceptors (Lipinski definition) is 5. The Labute approximate surface area is 214 Å². The van der Waals surface area contributed by atoms with Crippen molar-refractivity contribution in [2.24, 2.45) is 11.4 Å². The van der Waals surface area contributed by atoms with E-state index >= 15 is 0 Å². The van der Waals surface area contributed by atoms with Crippen LogP contribution in [0.15, 0.2) is 57.9 Å². The standard InChI is InChI=1S/C24H23FIN3O3S2/c1-14-10-16(25)11-15(2)23(14)32-21-7-6-17(27-34(4,5)31)12-19(21)20-13-28(3)24(30)22-18(20)8-9-29(22)33-26/h6-13H,1-5H3. The Balaban J connectivity index is 2.02. The van der Waals surface area contributed by atoms with Crippen LogP contribution in [0.4, 0.5) is 10.1 Å². The minimum Gasteiger partial charge on any atom is -0.456 e. The maximum absolute atomic E-state index is 13.9. The lowest BCUT2D eigenvalue weighted by Gasteiger charge is -2.17. The lowest BCUT2D eigenvalue weighted by atomic mass is 10.0. The van der Waals surface area contributed by atoms with Gasteiger partial charge in [-0.1, -0.05) is 0 Å². The second-order valence-electron chi connectivity index (χ2n) is 8.36. The molecule has 0 atom stereocenters. The zero-order valence-electron chi connectivity index (χ0n) is 19.3. The number of rotatable bonds is 5. The zero-order chi connectivity index (χ0) is 24.8. The molecule has 0 amide bonds. The molecule has 0 radical (unpaired) electrons. The van der Waals surface area contributed by atoms with Crippen molar-refractivity contribution >= 4 is 56.6 Å². The molecule has 0 aliphatic heterocycles. The summed E-state index contributed by atoms with van der Waals surface area (Å²) in [6.07, 6.45) is 6.76. The van der Waals surface area contributed by atoms with Gasteiger partial charge in [0.15, 0.2) is 0 Å². The Morgan fingerprint density at radius 3 is 2.38 bits per heavy atom. The van der Waals surface area contributed by atoms with Crippen molar-refractivity contribution < 1.29 is 13.3 Å². The molecule has 0 spiro atoms. The minimum atomic E-state index is -2.39. The predicted molar refractivity (Wildman–Crippen MR) is 148 cm³/mol. The molecule has 0 aliphatic carbocycles. The number of halogens is 2. The Hall–Kier alpha value is -2.31. The summed E-state index contributed by atoms with van der Waals surface area (Å²) < 4.78 is 40.3. The molecule has 0 saturated heterocycles. The van der Waals surface area contributed by atoms with E-state index in [1.807, 2.05) is 22.3 Å². The Morgan fingerprint density at radius 1 is 1.09 bits per heavy atom. The second kappa shape index (κ2) is 9.38. The summed E-state index contributed by atoms with van der Waals surface area (Å²) in [5, 5.41) is 0.760. The molecule has 178 valence electrons. The molecule has 0 bridgehead atoms. The Bertz CT molecular complexity index is 1590. The van der Waals surface area contributed by atoms with Crippen molar-refractivity contribution in [3.8, 4) is 22.6 Å². The van der Waals surface area contributed by atoms with E-state index in [2.05, 4.69) is 25.6 Å². The predicted octanol–water partition coefficient (Wildman–Crippen LogP) is 6.76. The lowest BCUT2D eigenvalue weighted by Crippen LogP contribution is -2.17. The Morgan fingerprint density at radius 2 is 1.76 bits per heavy atom. The highest BCUT2D eigenvalue weighted by atomic mass is 127. The smallest absolute Gasteiger partial charge is 0.275 e. The number of fused-ring (bicyclic) bond motifs is 1. The van der Waals surface area contributed by atoms with Gasteiger partial charge in [-0.15, -0.1) is 0 Å². The summed E-state index contributed by atoms with van der Waals surface area (Å²) in [5.74, 6) is 0.753. The fraction of sp³-hybridized carbons (Fsp3) is 0.208. The first-order valence-electron chi connectivity index (χ1n) is 10.2. The molecule has 0 N–H and O–H groups in total. The highest BCUT2D eigenvalue weighted by Gasteiger charge is 2.19. The number of aromatic nitrogens is 2. The molecule has 4 aromatic rings. The summed E-state index contributed by atoms with van der Waals surface area (Å²) in [6, 6.07) is 10.1. The number of aryl methyl sites for hydroxylation is 3. The molecule has 6 nitrogen and oxygen atoms in total. The van der Waals surface area contributed by atoms with Crippen LogP contribution in [0.5, 0.6) is 11.5 Å². The maximum Gasteiger partial charge on any atom is 0.275 e. The van der Waals surface area contributed by atoms with Crippen LogP contribution in [0.2, 0.25) is 0 Å². The van der Waals surface area contributed by atoms with Crippen LogP contribution in [0.3, 0.4) is 0 Å². The van der Waals surface area contributed by atoms with Gasteiger partial charge in [-0.05, 0) is 61.4 Å². The molecule has 0 unspecified atom stereocenters. The highest BCUT2D eigenvalue weighted by molar-refractivity contribution is 14.2. The van der Waals surface area contributed by atoms with Crippen LogP contribution in [0.25, 0.3) is 22.0 Å². The van der Waals surface area contributed by atoms with E-state index in [-0.39, 0.29) is 11.4 Å². The molecule has 10 heteroatoms. The summed E-state index contributed by atoms with van der Waals surface area (Å²) in [6.45, 7) is 3.58. The van der Waals surface area contributed by atoms with Gasteiger partial charge >= 0.3 is 0 Å². The second-order valence-corrected chi connectivity index (χ2v) is 12.6. The third kappa shape index (κ3) is 4.89. The largest absolute Gasteiger partial charge is 0.456 e. The van der Waals surface area contributed by atoms with Gasteiger partial charge in [-0.2, -0.15) is 4.36 Å². The topological polar surface area (TPSA) is 65.6 Å². The molecule has 2 heterocycles. The number of ether oxygens (including phenoxy) is 1. The maximum atomic E-state index is 13.9. The van der Waals surface area contributed by atoms with E-state index in [1.54, 1.807) is 51.7 Å². The summed E-state index contributed by atoms with van der Waals surface area (Å²) in [7, 11) is 0.713. The molecule has 0 aliphatic rings. The van der Waals surface area contributed by atoms with Gasteiger partial charge in [0.25, 0.3) is 5.56 Å². The molecule has 2 aromatic heterocycles. The van der Waals surface area contributed by atoms with Crippen molar-refractivity contribution in [2.45, 2.75) is 13.8 Å². The molecule has 0 fully saturated rings. The van der Waals surface area contributed by atoms with E-state index in [1.165, 1.54) is 25.8 Å². The van der Waals surface area contributed by atoms with E-state index in [4.69, 9.17) is 4.74 Å². The number of pyridine rings is 1. The van der Waals surface area contributed by atoms with E-state index in [9.17, 15) is 13.4 Å². The van der Waals surface area contributed by atoms with Gasteiger partial charge in [0, 0.05) is 88.5 Å². The quantitative estimate of drug-likeness (QED) is 0.234. The third-order valence-corrected chi connectivity index (χ3v) is 7.65. The lowest BCUT2D eigenvalue weighted by molar-refractivity contribution is 0.474. The van der Waals surface area contributed by atoms with Gasteiger partial charge in [0.1, 0.15) is 22.8 Å². The van der Waals surface area contributed by atoms with E-state index < -0.39 is 9.73 Å². The summed E-state index contributed by atoms with van der Waals surface area (Å²) in [5.41, 5.74) is 3.76. The van der Waals surface area contributed by atoms with Crippen LogP contribution in [0.1, 0.15) is 11.1 Å². The fourth-order valence-corrected chi connectivity index (χ4v) is 5.86. The summed E-state index contributed by atoms with van der Waals surface area (Å²) >= 11 is 2.13. The normalized spacial score (nSPS) is 11.7. The first-order valence-corrected chi connectivity index (χ1v) is 15.9. The van der Waals surface area contributed by atoms with Crippen LogP contribution in [-0.2, 0) is 16.8 Å². The average molecular weight is 612 g/mol. The van der Waals surface area contributed by atoms with E-state index in [0.29, 0.717) is 39.4 Å². The van der Waals surface area contributed by atoms with Crippen LogP contribution >= 0.6 is 30.3 Å². The SMILES string of the molecule is Cc1cc(F)cc(C)c1Oc1ccc(N=S(C)(C)=O)cc1-c1cn(C)c(=O)c2c1ccn2SI. The van der Waals surface area contributed by atoms with Crippen molar-refractivity contribution in [3.05, 3.63) is 76.1 Å². The molecular formula is C24H23FIN3O3S2. The number of nitrogens with zero attached hydrogens (tertiary/aromatic N) is 3.